The lowest BCUT2D eigenvalue weighted by Gasteiger charge is -2.11. The minimum absolute atomic E-state index is 0.149. The predicted octanol–water partition coefficient (Wildman–Crippen LogP) is 1.64. The zero-order valence-corrected chi connectivity index (χ0v) is 12.0. The summed E-state index contributed by atoms with van der Waals surface area (Å²) in [6.45, 7) is 0.554. The Bertz CT molecular complexity index is 626. The molecule has 0 spiro atoms. The fourth-order valence-corrected chi connectivity index (χ4v) is 1.83. The molecule has 0 aliphatic heterocycles. The second-order valence-corrected chi connectivity index (χ2v) is 4.44. The monoisotopic (exact) mass is 286 g/mol. The van der Waals surface area contributed by atoms with E-state index in [-0.39, 0.29) is 5.91 Å². The Balaban J connectivity index is 2.09. The summed E-state index contributed by atoms with van der Waals surface area (Å²) in [7, 11) is 3.17. The van der Waals surface area contributed by atoms with E-state index in [0.717, 1.165) is 5.56 Å². The van der Waals surface area contributed by atoms with E-state index in [2.05, 4.69) is 15.6 Å². The smallest absolute Gasteiger partial charge is 0.251 e. The Kier molecular flexibility index (Phi) is 4.61. The maximum absolute atomic E-state index is 11.6. The molecule has 4 N–H and O–H groups in total. The van der Waals surface area contributed by atoms with Gasteiger partial charge in [0.25, 0.3) is 5.91 Å². The average molecular weight is 286 g/mol. The number of carbonyl (C=O) groups is 1. The van der Waals surface area contributed by atoms with E-state index in [1.807, 2.05) is 6.07 Å². The van der Waals surface area contributed by atoms with E-state index in [9.17, 15) is 4.79 Å². The normalized spacial score (nSPS) is 10.0. The van der Waals surface area contributed by atoms with E-state index in [4.69, 9.17) is 10.5 Å². The topological polar surface area (TPSA) is 89.3 Å². The molecule has 21 heavy (non-hydrogen) atoms. The molecule has 2 rings (SSSR count). The first-order chi connectivity index (χ1) is 10.1. The lowest BCUT2D eigenvalue weighted by Crippen LogP contribution is -2.18. The van der Waals surface area contributed by atoms with Gasteiger partial charge in [-0.25, -0.2) is 4.98 Å². The fraction of sp³-hybridized carbons (Fsp3) is 0.200. The lowest BCUT2D eigenvalue weighted by atomic mass is 10.1. The van der Waals surface area contributed by atoms with Crippen LogP contribution in [0.5, 0.6) is 5.88 Å². The molecule has 0 fully saturated rings. The van der Waals surface area contributed by atoms with Crippen molar-refractivity contribution in [2.75, 3.05) is 25.2 Å². The molecule has 0 aliphatic carbocycles. The maximum atomic E-state index is 11.6. The first kappa shape index (κ1) is 14.6. The third-order valence-corrected chi connectivity index (χ3v) is 3.03. The van der Waals surface area contributed by atoms with E-state index in [0.29, 0.717) is 29.4 Å². The van der Waals surface area contributed by atoms with Crippen LogP contribution in [0.4, 0.5) is 11.4 Å². The van der Waals surface area contributed by atoms with Crippen molar-refractivity contribution in [3.05, 3.63) is 47.7 Å². The number of benzene rings is 1. The molecule has 1 amide bonds. The highest BCUT2D eigenvalue weighted by Gasteiger charge is 2.07. The van der Waals surface area contributed by atoms with Crippen LogP contribution in [0.15, 0.2) is 36.5 Å². The summed E-state index contributed by atoms with van der Waals surface area (Å²) < 4.78 is 5.01. The Hall–Kier alpha value is -2.76. The third kappa shape index (κ3) is 3.62. The molecule has 1 aromatic heterocycles. The van der Waals surface area contributed by atoms with Gasteiger partial charge in [0.05, 0.1) is 18.5 Å². The Morgan fingerprint density at radius 2 is 2.14 bits per heavy atom. The quantitative estimate of drug-likeness (QED) is 0.727. The van der Waals surface area contributed by atoms with Gasteiger partial charge in [0.2, 0.25) is 5.88 Å². The molecule has 2 aromatic rings. The van der Waals surface area contributed by atoms with Crippen molar-refractivity contribution in [2.45, 2.75) is 6.54 Å². The third-order valence-electron chi connectivity index (χ3n) is 3.03. The van der Waals surface area contributed by atoms with Gasteiger partial charge in [-0.2, -0.15) is 0 Å². The van der Waals surface area contributed by atoms with Crippen LogP contribution >= 0.6 is 0 Å². The molecule has 0 radical (unpaired) electrons. The molecule has 0 aliphatic rings. The second kappa shape index (κ2) is 6.60. The second-order valence-electron chi connectivity index (χ2n) is 4.44. The van der Waals surface area contributed by atoms with E-state index >= 15 is 0 Å². The first-order valence-electron chi connectivity index (χ1n) is 6.48. The number of rotatable bonds is 5. The highest BCUT2D eigenvalue weighted by Crippen LogP contribution is 2.21. The summed E-state index contributed by atoms with van der Waals surface area (Å²) in [6.07, 6.45) is 1.73. The number of hydrogen-bond donors (Lipinski definition) is 3. The largest absolute Gasteiger partial charge is 0.481 e. The van der Waals surface area contributed by atoms with Gasteiger partial charge >= 0.3 is 0 Å². The van der Waals surface area contributed by atoms with Crippen molar-refractivity contribution in [3.8, 4) is 5.88 Å². The number of hydrogen-bond acceptors (Lipinski definition) is 5. The number of methoxy groups -OCH3 is 1. The standard InChI is InChI=1S/C15H18N4O2/c1-17-15(20)11-4-5-12(16)13(7-11)18-8-10-3-6-14(21-2)19-9-10/h3-7,9,18H,8,16H2,1-2H3,(H,17,20). The molecule has 1 aromatic carbocycles. The van der Waals surface area contributed by atoms with Crippen LogP contribution in [0.1, 0.15) is 15.9 Å². The average Bonchev–Trinajstić information content (AvgIpc) is 2.53. The molecule has 0 saturated carbocycles. The minimum Gasteiger partial charge on any atom is -0.481 e. The summed E-state index contributed by atoms with van der Waals surface area (Å²) in [5.41, 5.74) is 8.76. The number of ether oxygens (including phenoxy) is 1. The molecule has 0 unspecified atom stereocenters. The minimum atomic E-state index is -0.149. The first-order valence-corrected chi connectivity index (χ1v) is 6.48. The molecular weight excluding hydrogens is 268 g/mol. The van der Waals surface area contributed by atoms with Crippen LogP contribution in [-0.2, 0) is 6.54 Å². The van der Waals surface area contributed by atoms with Gasteiger partial charge in [0, 0.05) is 31.4 Å². The van der Waals surface area contributed by atoms with Crippen molar-refractivity contribution in [1.29, 1.82) is 0 Å². The van der Waals surface area contributed by atoms with E-state index < -0.39 is 0 Å². The number of nitrogens with two attached hydrogens (primary N) is 1. The summed E-state index contributed by atoms with van der Waals surface area (Å²) in [5.74, 6) is 0.420. The number of aromatic nitrogens is 1. The number of pyridine rings is 1. The van der Waals surface area contributed by atoms with Crippen molar-refractivity contribution in [1.82, 2.24) is 10.3 Å². The molecule has 0 saturated heterocycles. The number of amides is 1. The number of nitrogen functional groups attached to an aromatic ring is 1. The zero-order valence-electron chi connectivity index (χ0n) is 12.0. The van der Waals surface area contributed by atoms with Gasteiger partial charge in [-0.3, -0.25) is 4.79 Å². The Labute approximate surface area is 123 Å². The number of nitrogens with one attached hydrogen (secondary N) is 2. The lowest BCUT2D eigenvalue weighted by molar-refractivity contribution is 0.0963. The molecule has 6 heteroatoms. The molecule has 1 heterocycles. The predicted molar refractivity (Wildman–Crippen MR) is 82.4 cm³/mol. The van der Waals surface area contributed by atoms with Gasteiger partial charge < -0.3 is 21.1 Å². The van der Waals surface area contributed by atoms with E-state index in [1.54, 1.807) is 44.6 Å². The van der Waals surface area contributed by atoms with Gasteiger partial charge in [-0.05, 0) is 23.8 Å². The van der Waals surface area contributed by atoms with Crippen molar-refractivity contribution in [3.63, 3.8) is 0 Å². The zero-order chi connectivity index (χ0) is 15.2. The van der Waals surface area contributed by atoms with Crippen LogP contribution in [-0.4, -0.2) is 25.0 Å². The van der Waals surface area contributed by atoms with E-state index in [1.165, 1.54) is 0 Å². The van der Waals surface area contributed by atoms with Gasteiger partial charge in [0.1, 0.15) is 0 Å². The van der Waals surface area contributed by atoms with Gasteiger partial charge in [-0.1, -0.05) is 6.07 Å². The molecule has 110 valence electrons. The number of carbonyl (C=O) groups excluding carboxylic acids is 1. The maximum Gasteiger partial charge on any atom is 0.251 e. The van der Waals surface area contributed by atoms with Crippen molar-refractivity contribution >= 4 is 17.3 Å². The van der Waals surface area contributed by atoms with Crippen molar-refractivity contribution in [2.24, 2.45) is 0 Å². The summed E-state index contributed by atoms with van der Waals surface area (Å²) in [5, 5.41) is 5.78. The van der Waals surface area contributed by atoms with Crippen LogP contribution < -0.4 is 21.1 Å². The molecule has 0 atom stereocenters. The van der Waals surface area contributed by atoms with Crippen LogP contribution in [0.2, 0.25) is 0 Å². The molecular formula is C15H18N4O2. The number of nitrogens with zero attached hydrogens (tertiary/aromatic N) is 1. The molecule has 6 nitrogen and oxygen atoms in total. The SMILES string of the molecule is CNC(=O)c1ccc(N)c(NCc2ccc(OC)nc2)c1. The Morgan fingerprint density at radius 1 is 1.33 bits per heavy atom. The summed E-state index contributed by atoms with van der Waals surface area (Å²) in [6, 6.07) is 8.83. The van der Waals surface area contributed by atoms with Crippen LogP contribution in [0.25, 0.3) is 0 Å². The van der Waals surface area contributed by atoms with Crippen LogP contribution in [0, 0.1) is 0 Å². The van der Waals surface area contributed by atoms with Crippen molar-refractivity contribution < 1.29 is 9.53 Å². The summed E-state index contributed by atoms with van der Waals surface area (Å²) in [4.78, 5) is 15.8. The van der Waals surface area contributed by atoms with Gasteiger partial charge in [0.15, 0.2) is 0 Å². The van der Waals surface area contributed by atoms with Gasteiger partial charge in [-0.15, -0.1) is 0 Å². The fourth-order valence-electron chi connectivity index (χ4n) is 1.83. The van der Waals surface area contributed by atoms with Crippen LogP contribution in [0.3, 0.4) is 0 Å². The number of anilines is 2. The highest BCUT2D eigenvalue weighted by molar-refractivity contribution is 5.96. The highest BCUT2D eigenvalue weighted by atomic mass is 16.5. The summed E-state index contributed by atoms with van der Waals surface area (Å²) >= 11 is 0. The Morgan fingerprint density at radius 3 is 2.76 bits per heavy atom. The molecule has 0 bridgehead atoms.